The number of nitrogens with zero attached hydrogens (tertiary/aromatic N) is 2. The minimum absolute atomic E-state index is 0.138. The van der Waals surface area contributed by atoms with Gasteiger partial charge in [-0.15, -0.1) is 0 Å². The first-order chi connectivity index (χ1) is 18.3. The molecule has 7 nitrogen and oxygen atoms in total. The van der Waals surface area contributed by atoms with E-state index >= 15 is 0 Å². The minimum Gasteiger partial charge on any atom is -0.444 e. The second-order valence-electron chi connectivity index (χ2n) is 8.71. The predicted octanol–water partition coefficient (Wildman–Crippen LogP) is 5.94. The Hall–Kier alpha value is -4.64. The van der Waals surface area contributed by atoms with E-state index in [0.717, 1.165) is 30.0 Å². The number of anilines is 2. The van der Waals surface area contributed by atoms with Gasteiger partial charge in [0, 0.05) is 53.1 Å². The van der Waals surface area contributed by atoms with Crippen molar-refractivity contribution in [1.29, 1.82) is 0 Å². The second kappa shape index (κ2) is 11.6. The van der Waals surface area contributed by atoms with E-state index in [2.05, 4.69) is 40.9 Å². The third-order valence-corrected chi connectivity index (χ3v) is 6.02. The average Bonchev–Trinajstić information content (AvgIpc) is 2.88. The molecule has 0 fully saturated rings. The fraction of sp³-hybridized carbons (Fsp3) is 0.233. The first kappa shape index (κ1) is 26.4. The molecular formula is C30H28FN3O4. The molecular weight excluding hydrogens is 485 g/mol. The number of rotatable bonds is 6. The number of benzene rings is 2. The molecule has 2 heterocycles. The van der Waals surface area contributed by atoms with Crippen LogP contribution in [0.4, 0.5) is 20.6 Å². The normalized spacial score (nSPS) is 10.6. The molecule has 0 radical (unpaired) electrons. The van der Waals surface area contributed by atoms with Gasteiger partial charge in [-0.3, -0.25) is 5.32 Å². The zero-order valence-corrected chi connectivity index (χ0v) is 21.7. The van der Waals surface area contributed by atoms with Crippen LogP contribution < -0.4 is 15.8 Å². The molecule has 0 spiro atoms. The van der Waals surface area contributed by atoms with E-state index in [-0.39, 0.29) is 12.4 Å². The van der Waals surface area contributed by atoms with Crippen LogP contribution in [0.3, 0.4) is 0 Å². The Bertz CT molecular complexity index is 1610. The van der Waals surface area contributed by atoms with Crippen molar-refractivity contribution in [3.05, 3.63) is 98.9 Å². The topological polar surface area (TPSA) is 84.7 Å². The van der Waals surface area contributed by atoms with Gasteiger partial charge in [0.05, 0.1) is 5.69 Å². The third kappa shape index (κ3) is 6.19. The molecule has 0 unspecified atom stereocenters. The summed E-state index contributed by atoms with van der Waals surface area (Å²) in [4.78, 5) is 31.6. The maximum atomic E-state index is 13.5. The molecule has 8 heteroatoms. The number of hydrogen-bond donors (Lipinski definition) is 1. The third-order valence-electron chi connectivity index (χ3n) is 6.02. The van der Waals surface area contributed by atoms with Crippen molar-refractivity contribution in [3.8, 4) is 11.8 Å². The Labute approximate surface area is 220 Å². The van der Waals surface area contributed by atoms with Gasteiger partial charge in [-0.2, -0.15) is 0 Å². The summed E-state index contributed by atoms with van der Waals surface area (Å²) in [6, 6.07) is 14.7. The van der Waals surface area contributed by atoms with Gasteiger partial charge >= 0.3 is 11.7 Å². The van der Waals surface area contributed by atoms with Crippen molar-refractivity contribution in [2.24, 2.45) is 0 Å². The molecule has 38 heavy (non-hydrogen) atoms. The van der Waals surface area contributed by atoms with E-state index in [1.54, 1.807) is 12.1 Å². The van der Waals surface area contributed by atoms with Crippen LogP contribution in [-0.4, -0.2) is 24.2 Å². The molecule has 4 aromatic rings. The van der Waals surface area contributed by atoms with Crippen molar-refractivity contribution in [2.45, 2.75) is 34.3 Å². The lowest BCUT2D eigenvalue weighted by Gasteiger charge is -2.21. The lowest BCUT2D eigenvalue weighted by molar-refractivity contribution is 0.155. The highest BCUT2D eigenvalue weighted by Gasteiger charge is 2.14. The molecule has 194 valence electrons. The van der Waals surface area contributed by atoms with Gasteiger partial charge in [-0.1, -0.05) is 12.0 Å². The molecule has 0 aliphatic carbocycles. The van der Waals surface area contributed by atoms with E-state index in [0.29, 0.717) is 33.5 Å². The van der Waals surface area contributed by atoms with Gasteiger partial charge in [0.1, 0.15) is 23.7 Å². The van der Waals surface area contributed by atoms with Crippen LogP contribution in [0.2, 0.25) is 0 Å². The number of aromatic nitrogens is 1. The van der Waals surface area contributed by atoms with Crippen LogP contribution in [0.1, 0.15) is 41.9 Å². The molecule has 0 aliphatic rings. The number of halogens is 1. The van der Waals surface area contributed by atoms with Crippen LogP contribution in [-0.2, 0) is 11.3 Å². The lowest BCUT2D eigenvalue weighted by Crippen LogP contribution is -2.21. The fourth-order valence-corrected chi connectivity index (χ4v) is 4.19. The van der Waals surface area contributed by atoms with Crippen molar-refractivity contribution in [2.75, 3.05) is 23.3 Å². The molecule has 4 rings (SSSR count). The number of hydrogen-bond acceptors (Lipinski definition) is 6. The van der Waals surface area contributed by atoms with Crippen LogP contribution in [0.25, 0.3) is 11.0 Å². The number of amides is 1. The zero-order valence-electron chi connectivity index (χ0n) is 21.7. The summed E-state index contributed by atoms with van der Waals surface area (Å²) in [5.41, 5.74) is 4.04. The lowest BCUT2D eigenvalue weighted by atomic mass is 10.1. The van der Waals surface area contributed by atoms with Gasteiger partial charge in [0.25, 0.3) is 0 Å². The molecule has 0 bridgehead atoms. The summed E-state index contributed by atoms with van der Waals surface area (Å²) in [7, 11) is 0. The van der Waals surface area contributed by atoms with Crippen LogP contribution in [0, 0.1) is 31.5 Å². The van der Waals surface area contributed by atoms with E-state index in [1.165, 1.54) is 18.2 Å². The van der Waals surface area contributed by atoms with Gasteiger partial charge in [-0.25, -0.2) is 19.0 Å². The number of ether oxygens (including phenoxy) is 1. The van der Waals surface area contributed by atoms with Crippen molar-refractivity contribution in [1.82, 2.24) is 4.98 Å². The van der Waals surface area contributed by atoms with Crippen molar-refractivity contribution < 1.29 is 18.3 Å². The Balaban J connectivity index is 1.55. The monoisotopic (exact) mass is 513 g/mol. The SMILES string of the molecule is CCN(CC)c1ccc2c(COC(=O)Nc3c(C)cc(C)nc3C#Cc3cccc(F)c3)cc(=O)oc2c1. The maximum absolute atomic E-state index is 13.5. The number of aryl methyl sites for hydroxylation is 2. The second-order valence-corrected chi connectivity index (χ2v) is 8.71. The van der Waals surface area contributed by atoms with Crippen molar-refractivity contribution >= 4 is 28.4 Å². The largest absolute Gasteiger partial charge is 0.444 e. The Morgan fingerprint density at radius 1 is 1.08 bits per heavy atom. The van der Waals surface area contributed by atoms with Crippen LogP contribution in [0.5, 0.6) is 0 Å². The van der Waals surface area contributed by atoms with Gasteiger partial charge in [0.2, 0.25) is 0 Å². The molecule has 0 atom stereocenters. The van der Waals surface area contributed by atoms with Gasteiger partial charge in [-0.05, 0) is 75.6 Å². The predicted molar refractivity (Wildman–Crippen MR) is 146 cm³/mol. The number of fused-ring (bicyclic) bond motifs is 1. The van der Waals surface area contributed by atoms with Crippen molar-refractivity contribution in [3.63, 3.8) is 0 Å². The highest BCUT2D eigenvalue weighted by atomic mass is 19.1. The molecule has 2 aromatic heterocycles. The van der Waals surface area contributed by atoms with Crippen LogP contribution >= 0.6 is 0 Å². The van der Waals surface area contributed by atoms with E-state index in [9.17, 15) is 14.0 Å². The molecule has 1 N–H and O–H groups in total. The number of nitrogens with one attached hydrogen (secondary N) is 1. The summed E-state index contributed by atoms with van der Waals surface area (Å²) < 4.78 is 24.4. The minimum atomic E-state index is -0.728. The molecule has 0 aliphatic heterocycles. The van der Waals surface area contributed by atoms with E-state index in [4.69, 9.17) is 9.15 Å². The first-order valence-electron chi connectivity index (χ1n) is 12.3. The summed E-state index contributed by atoms with van der Waals surface area (Å²) in [6.45, 7) is 9.24. The number of carbonyl (C=O) groups excluding carboxylic acids is 1. The fourth-order valence-electron chi connectivity index (χ4n) is 4.19. The van der Waals surface area contributed by atoms with E-state index < -0.39 is 11.7 Å². The average molecular weight is 514 g/mol. The molecule has 0 saturated heterocycles. The standard InChI is InChI=1S/C30H28FN3O4/c1-5-34(6-2)24-11-12-25-22(16-28(35)38-27(25)17-24)18-37-30(36)33-29-19(3)14-20(4)32-26(29)13-10-21-8-7-9-23(31)15-21/h7-9,11-12,14-17H,5-6,18H2,1-4H3,(H,33,36). The summed E-state index contributed by atoms with van der Waals surface area (Å²) in [6.07, 6.45) is -0.728. The Morgan fingerprint density at radius 3 is 2.61 bits per heavy atom. The summed E-state index contributed by atoms with van der Waals surface area (Å²) in [5.74, 6) is 5.41. The van der Waals surface area contributed by atoms with Crippen LogP contribution in [0.15, 0.2) is 63.8 Å². The Kier molecular flexibility index (Phi) is 8.07. The number of pyridine rings is 1. The quantitative estimate of drug-likeness (QED) is 0.254. The number of carbonyl (C=O) groups is 1. The van der Waals surface area contributed by atoms with E-state index in [1.807, 2.05) is 38.1 Å². The Morgan fingerprint density at radius 2 is 1.87 bits per heavy atom. The maximum Gasteiger partial charge on any atom is 0.412 e. The highest BCUT2D eigenvalue weighted by molar-refractivity contribution is 5.88. The molecule has 2 aromatic carbocycles. The summed E-state index contributed by atoms with van der Waals surface area (Å²) in [5, 5.41) is 3.40. The highest BCUT2D eigenvalue weighted by Crippen LogP contribution is 2.25. The zero-order chi connectivity index (χ0) is 27.2. The first-order valence-corrected chi connectivity index (χ1v) is 12.3. The smallest absolute Gasteiger partial charge is 0.412 e. The summed E-state index contributed by atoms with van der Waals surface area (Å²) >= 11 is 0. The van der Waals surface area contributed by atoms with Gasteiger partial charge in [0.15, 0.2) is 0 Å². The molecule has 0 saturated carbocycles. The molecule has 1 amide bonds. The van der Waals surface area contributed by atoms with Gasteiger partial charge < -0.3 is 14.1 Å².